The van der Waals surface area contributed by atoms with Crippen LogP contribution in [0.15, 0.2) is 54.9 Å². The summed E-state index contributed by atoms with van der Waals surface area (Å²) in [5, 5.41) is 6.92. The molecule has 3 N–H and O–H groups in total. The zero-order valence-electron chi connectivity index (χ0n) is 19.3. The lowest BCUT2D eigenvalue weighted by molar-refractivity contribution is 0.899. The average molecular weight is 413 g/mol. The fourth-order valence-corrected chi connectivity index (χ4v) is 4.26. The molecule has 4 nitrogen and oxygen atoms in total. The monoisotopic (exact) mass is 412 g/mol. The van der Waals surface area contributed by atoms with Gasteiger partial charge in [-0.15, -0.1) is 0 Å². The number of rotatable bonds is 6. The van der Waals surface area contributed by atoms with Gasteiger partial charge in [-0.05, 0) is 88.1 Å². The van der Waals surface area contributed by atoms with E-state index in [1.54, 1.807) is 6.33 Å². The molecule has 4 rings (SSSR count). The number of hydrogen-bond donors (Lipinski definition) is 3. The normalized spacial score (nSPS) is 11.5. The van der Waals surface area contributed by atoms with Gasteiger partial charge in [-0.3, -0.25) is 0 Å². The summed E-state index contributed by atoms with van der Waals surface area (Å²) in [6, 6.07) is 18.2. The molecule has 0 aliphatic rings. The van der Waals surface area contributed by atoms with Crippen LogP contribution in [0.1, 0.15) is 38.8 Å². The van der Waals surface area contributed by atoms with E-state index in [0.29, 0.717) is 12.1 Å². The minimum absolute atomic E-state index is 0.411. The van der Waals surface area contributed by atoms with Gasteiger partial charge in [-0.2, -0.15) is 0 Å². The molecule has 0 aliphatic carbocycles. The average Bonchev–Trinajstić information content (AvgIpc) is 3.19. The van der Waals surface area contributed by atoms with Gasteiger partial charge in [-0.1, -0.05) is 24.3 Å². The zero-order chi connectivity index (χ0) is 22.1. The fourth-order valence-electron chi connectivity index (χ4n) is 4.26. The molecular weight excluding hydrogens is 380 g/mol. The molecule has 0 aliphatic heterocycles. The molecule has 0 atom stereocenters. The first-order valence-corrected chi connectivity index (χ1v) is 11.0. The SMILES string of the molecule is Cc1c(C)c(-c2ccc(NC(C)C)cc2)c2[nH]cnc2c1-c1ccc(NC(C)C)cc1. The second-order valence-electron chi connectivity index (χ2n) is 8.88. The summed E-state index contributed by atoms with van der Waals surface area (Å²) < 4.78 is 0. The molecule has 31 heavy (non-hydrogen) atoms. The third-order valence-electron chi connectivity index (χ3n) is 5.70. The van der Waals surface area contributed by atoms with Gasteiger partial charge >= 0.3 is 0 Å². The number of nitrogens with one attached hydrogen (secondary N) is 3. The van der Waals surface area contributed by atoms with Gasteiger partial charge in [0.2, 0.25) is 0 Å². The zero-order valence-corrected chi connectivity index (χ0v) is 19.3. The molecule has 0 saturated carbocycles. The molecule has 4 aromatic rings. The van der Waals surface area contributed by atoms with E-state index in [2.05, 4.69) is 106 Å². The van der Waals surface area contributed by atoms with Crippen molar-refractivity contribution in [2.45, 2.75) is 53.6 Å². The fraction of sp³-hybridized carbons (Fsp3) is 0.296. The Balaban J connectivity index is 1.81. The van der Waals surface area contributed by atoms with Gasteiger partial charge in [0.25, 0.3) is 0 Å². The van der Waals surface area contributed by atoms with Crippen molar-refractivity contribution in [3.8, 4) is 22.3 Å². The van der Waals surface area contributed by atoms with Gasteiger partial charge in [-0.25, -0.2) is 4.98 Å². The van der Waals surface area contributed by atoms with Crippen molar-refractivity contribution < 1.29 is 0 Å². The topological polar surface area (TPSA) is 52.7 Å². The van der Waals surface area contributed by atoms with E-state index >= 15 is 0 Å². The summed E-state index contributed by atoms with van der Waals surface area (Å²) in [5.74, 6) is 0. The molecule has 4 heteroatoms. The predicted molar refractivity (Wildman–Crippen MR) is 134 cm³/mol. The van der Waals surface area contributed by atoms with E-state index in [0.717, 1.165) is 22.4 Å². The second kappa shape index (κ2) is 8.46. The van der Waals surface area contributed by atoms with Crippen molar-refractivity contribution in [2.75, 3.05) is 10.6 Å². The maximum atomic E-state index is 4.73. The Labute approximate surface area is 185 Å². The number of aromatic nitrogens is 2. The van der Waals surface area contributed by atoms with Gasteiger partial charge < -0.3 is 15.6 Å². The Kier molecular flexibility index (Phi) is 5.73. The quantitative estimate of drug-likeness (QED) is 0.315. The van der Waals surface area contributed by atoms with E-state index < -0.39 is 0 Å². The lowest BCUT2D eigenvalue weighted by Gasteiger charge is -2.17. The molecule has 0 bridgehead atoms. The highest BCUT2D eigenvalue weighted by Gasteiger charge is 2.19. The molecule has 1 aromatic heterocycles. The third kappa shape index (κ3) is 4.15. The number of imidazole rings is 1. The summed E-state index contributed by atoms with van der Waals surface area (Å²) in [5.41, 5.74) is 11.7. The van der Waals surface area contributed by atoms with Crippen molar-refractivity contribution in [2.24, 2.45) is 0 Å². The Morgan fingerprint density at radius 2 is 1.13 bits per heavy atom. The first-order valence-electron chi connectivity index (χ1n) is 11.0. The molecule has 0 fully saturated rings. The number of hydrogen-bond acceptors (Lipinski definition) is 3. The van der Waals surface area contributed by atoms with Gasteiger partial charge in [0.1, 0.15) is 0 Å². The number of benzene rings is 3. The minimum Gasteiger partial charge on any atom is -0.383 e. The van der Waals surface area contributed by atoms with Crippen LogP contribution in [0.2, 0.25) is 0 Å². The molecular formula is C27H32N4. The number of anilines is 2. The highest BCUT2D eigenvalue weighted by molar-refractivity contribution is 6.04. The Bertz CT molecular complexity index is 1090. The van der Waals surface area contributed by atoms with E-state index in [1.165, 1.54) is 33.4 Å². The summed E-state index contributed by atoms with van der Waals surface area (Å²) in [6.45, 7) is 13.0. The van der Waals surface area contributed by atoms with Crippen LogP contribution in [0, 0.1) is 13.8 Å². The number of nitrogens with zero attached hydrogens (tertiary/aromatic N) is 1. The van der Waals surface area contributed by atoms with Crippen LogP contribution in [-0.4, -0.2) is 22.1 Å². The summed E-state index contributed by atoms with van der Waals surface area (Å²) >= 11 is 0. The standard InChI is InChI=1S/C27H32N4/c1-16(2)30-22-11-7-20(8-12-22)24-18(5)19(6)25(27-26(24)28-15-29-27)21-9-13-23(14-10-21)31-17(3)4/h7-17,30-31H,1-6H3,(H,28,29). The summed E-state index contributed by atoms with van der Waals surface area (Å²) in [7, 11) is 0. The molecule has 0 radical (unpaired) electrons. The lowest BCUT2D eigenvalue weighted by atomic mass is 9.88. The molecule has 0 unspecified atom stereocenters. The van der Waals surface area contributed by atoms with E-state index in [1.807, 2.05) is 0 Å². The molecule has 1 heterocycles. The Morgan fingerprint density at radius 3 is 1.61 bits per heavy atom. The summed E-state index contributed by atoms with van der Waals surface area (Å²) in [6.07, 6.45) is 1.81. The smallest absolute Gasteiger partial charge is 0.0970 e. The highest BCUT2D eigenvalue weighted by atomic mass is 14.9. The van der Waals surface area contributed by atoms with Gasteiger partial charge in [0.05, 0.1) is 17.4 Å². The maximum Gasteiger partial charge on any atom is 0.0970 e. The first-order chi connectivity index (χ1) is 14.8. The number of fused-ring (bicyclic) bond motifs is 1. The highest BCUT2D eigenvalue weighted by Crippen LogP contribution is 2.40. The third-order valence-corrected chi connectivity index (χ3v) is 5.70. The molecule has 0 spiro atoms. The van der Waals surface area contributed by atoms with Crippen LogP contribution in [0.3, 0.4) is 0 Å². The van der Waals surface area contributed by atoms with Crippen LogP contribution >= 0.6 is 0 Å². The predicted octanol–water partition coefficient (Wildman–Crippen LogP) is 7.15. The molecule has 0 amide bonds. The van der Waals surface area contributed by atoms with Crippen molar-refractivity contribution >= 4 is 22.4 Å². The van der Waals surface area contributed by atoms with E-state index in [-0.39, 0.29) is 0 Å². The molecule has 3 aromatic carbocycles. The number of H-pyrrole nitrogens is 1. The first kappa shape index (κ1) is 21.0. The second-order valence-corrected chi connectivity index (χ2v) is 8.88. The minimum atomic E-state index is 0.411. The maximum absolute atomic E-state index is 4.73. The van der Waals surface area contributed by atoms with Crippen LogP contribution < -0.4 is 10.6 Å². The molecule has 0 saturated heterocycles. The lowest BCUT2D eigenvalue weighted by Crippen LogP contribution is -2.09. The summed E-state index contributed by atoms with van der Waals surface area (Å²) in [4.78, 5) is 8.14. The van der Waals surface area contributed by atoms with Crippen molar-refractivity contribution in [1.29, 1.82) is 0 Å². The number of aromatic amines is 1. The Morgan fingerprint density at radius 1 is 0.677 bits per heavy atom. The van der Waals surface area contributed by atoms with Crippen LogP contribution in [0.25, 0.3) is 33.3 Å². The van der Waals surface area contributed by atoms with Crippen LogP contribution in [0.5, 0.6) is 0 Å². The van der Waals surface area contributed by atoms with E-state index in [9.17, 15) is 0 Å². The Hall–Kier alpha value is -3.27. The van der Waals surface area contributed by atoms with Crippen molar-refractivity contribution in [1.82, 2.24) is 9.97 Å². The van der Waals surface area contributed by atoms with Crippen molar-refractivity contribution in [3.05, 3.63) is 66.0 Å². The van der Waals surface area contributed by atoms with E-state index in [4.69, 9.17) is 4.98 Å². The largest absolute Gasteiger partial charge is 0.383 e. The van der Waals surface area contributed by atoms with Crippen molar-refractivity contribution in [3.63, 3.8) is 0 Å². The van der Waals surface area contributed by atoms with Gasteiger partial charge in [0, 0.05) is 34.6 Å². The van der Waals surface area contributed by atoms with Crippen LogP contribution in [-0.2, 0) is 0 Å². The molecule has 160 valence electrons. The van der Waals surface area contributed by atoms with Gasteiger partial charge in [0.15, 0.2) is 0 Å². The van der Waals surface area contributed by atoms with Crippen LogP contribution in [0.4, 0.5) is 11.4 Å².